The summed E-state index contributed by atoms with van der Waals surface area (Å²) in [5, 5.41) is 17.3. The van der Waals surface area contributed by atoms with Gasteiger partial charge < -0.3 is 19.7 Å². The minimum absolute atomic E-state index is 0.220. The maximum Gasteiger partial charge on any atom is 0.258 e. The summed E-state index contributed by atoms with van der Waals surface area (Å²) in [6, 6.07) is 0. The molecular formula is C10H17N3O3. The molecule has 1 fully saturated rings. The largest absolute Gasteiger partial charge is 0.380 e. The predicted molar refractivity (Wildman–Crippen MR) is 55.7 cm³/mol. The maximum absolute atomic E-state index is 10.3. The number of aromatic nitrogens is 2. The summed E-state index contributed by atoms with van der Waals surface area (Å²) >= 11 is 0. The van der Waals surface area contributed by atoms with Gasteiger partial charge >= 0.3 is 0 Å². The Morgan fingerprint density at radius 1 is 1.50 bits per heavy atom. The van der Waals surface area contributed by atoms with Crippen molar-refractivity contribution in [1.29, 1.82) is 0 Å². The number of hydrogen-bond acceptors (Lipinski definition) is 6. The van der Waals surface area contributed by atoms with Gasteiger partial charge in [-0.15, -0.1) is 0 Å². The van der Waals surface area contributed by atoms with Crippen LogP contribution in [0.4, 0.5) is 0 Å². The first-order valence-electron chi connectivity index (χ1n) is 5.46. The molecule has 1 aliphatic heterocycles. The topological polar surface area (TPSA) is 80.4 Å². The van der Waals surface area contributed by atoms with E-state index in [4.69, 9.17) is 9.26 Å². The van der Waals surface area contributed by atoms with E-state index in [0.717, 1.165) is 13.1 Å². The second kappa shape index (κ2) is 4.48. The first-order valence-corrected chi connectivity index (χ1v) is 5.46. The van der Waals surface area contributed by atoms with E-state index in [1.165, 1.54) is 0 Å². The Morgan fingerprint density at radius 3 is 2.81 bits per heavy atom. The minimum atomic E-state index is -0.982. The first-order chi connectivity index (χ1) is 7.65. The molecule has 16 heavy (non-hydrogen) atoms. The highest BCUT2D eigenvalue weighted by Gasteiger charge is 2.37. The van der Waals surface area contributed by atoms with Crippen LogP contribution >= 0.6 is 0 Å². The molecule has 2 N–H and O–H groups in total. The monoisotopic (exact) mass is 227 g/mol. The summed E-state index contributed by atoms with van der Waals surface area (Å²) in [4.78, 5) is 4.20. The normalized spacial score (nSPS) is 21.9. The Labute approximate surface area is 94.0 Å². The van der Waals surface area contributed by atoms with Crippen molar-refractivity contribution in [2.45, 2.75) is 31.5 Å². The van der Waals surface area contributed by atoms with E-state index in [9.17, 15) is 5.11 Å². The molecule has 0 bridgehead atoms. The Balaban J connectivity index is 2.17. The Kier molecular flexibility index (Phi) is 3.22. The van der Waals surface area contributed by atoms with Gasteiger partial charge in [-0.1, -0.05) is 5.16 Å². The zero-order chi connectivity index (χ0) is 11.6. The average Bonchev–Trinajstić information content (AvgIpc) is 2.79. The third-order valence-corrected chi connectivity index (χ3v) is 2.99. The molecule has 6 nitrogen and oxygen atoms in total. The molecule has 1 aliphatic rings. The van der Waals surface area contributed by atoms with Crippen LogP contribution in [0.1, 0.15) is 37.6 Å². The molecule has 0 amide bonds. The van der Waals surface area contributed by atoms with Crippen molar-refractivity contribution >= 4 is 0 Å². The Morgan fingerprint density at radius 2 is 2.19 bits per heavy atom. The summed E-state index contributed by atoms with van der Waals surface area (Å²) in [6.07, 6.45) is 0.967. The van der Waals surface area contributed by atoms with Crippen molar-refractivity contribution in [3.05, 3.63) is 11.7 Å². The lowest BCUT2D eigenvalue weighted by Crippen LogP contribution is -2.40. The third-order valence-electron chi connectivity index (χ3n) is 2.99. The number of piperidine rings is 1. The fourth-order valence-electron chi connectivity index (χ4n) is 1.75. The predicted octanol–water partition coefficient (Wildman–Crippen LogP) is 0.348. The molecule has 6 heteroatoms. The highest BCUT2D eigenvalue weighted by atomic mass is 16.5. The van der Waals surface area contributed by atoms with Gasteiger partial charge in [0.2, 0.25) is 0 Å². The van der Waals surface area contributed by atoms with Crippen LogP contribution in [0.5, 0.6) is 0 Å². The SMILES string of the molecule is COC(C)c1noc(C2(O)CCNCC2)n1. The average molecular weight is 227 g/mol. The van der Waals surface area contributed by atoms with Crippen molar-refractivity contribution in [3.8, 4) is 0 Å². The highest BCUT2D eigenvalue weighted by Crippen LogP contribution is 2.29. The molecule has 1 aromatic heterocycles. The van der Waals surface area contributed by atoms with Gasteiger partial charge in [0.15, 0.2) is 5.82 Å². The third kappa shape index (κ3) is 2.09. The van der Waals surface area contributed by atoms with Crippen LogP contribution in [-0.4, -0.2) is 35.4 Å². The zero-order valence-corrected chi connectivity index (χ0v) is 9.56. The van der Waals surface area contributed by atoms with E-state index in [2.05, 4.69) is 15.5 Å². The number of methoxy groups -OCH3 is 1. The van der Waals surface area contributed by atoms with E-state index < -0.39 is 5.60 Å². The van der Waals surface area contributed by atoms with E-state index in [1.54, 1.807) is 7.11 Å². The van der Waals surface area contributed by atoms with E-state index >= 15 is 0 Å². The van der Waals surface area contributed by atoms with Crippen LogP contribution in [0.2, 0.25) is 0 Å². The quantitative estimate of drug-likeness (QED) is 0.775. The van der Waals surface area contributed by atoms with Gasteiger partial charge in [-0.3, -0.25) is 0 Å². The lowest BCUT2D eigenvalue weighted by Gasteiger charge is -2.28. The van der Waals surface area contributed by atoms with Gasteiger partial charge in [0.25, 0.3) is 5.89 Å². The standard InChI is InChI=1S/C10H17N3O3/c1-7(15-2)8-12-9(16-13-8)10(14)3-5-11-6-4-10/h7,11,14H,3-6H2,1-2H3. The maximum atomic E-state index is 10.3. The molecule has 0 aliphatic carbocycles. The lowest BCUT2D eigenvalue weighted by atomic mass is 9.92. The molecule has 0 aromatic carbocycles. The molecule has 1 aromatic rings. The van der Waals surface area contributed by atoms with Crippen LogP contribution in [0.15, 0.2) is 4.52 Å². The van der Waals surface area contributed by atoms with Gasteiger partial charge in [0, 0.05) is 7.11 Å². The number of hydrogen-bond donors (Lipinski definition) is 2. The Bertz CT molecular complexity index is 347. The van der Waals surface area contributed by atoms with Crippen LogP contribution in [-0.2, 0) is 10.3 Å². The van der Waals surface area contributed by atoms with Crippen molar-refractivity contribution in [1.82, 2.24) is 15.5 Å². The molecule has 0 saturated carbocycles. The molecule has 1 saturated heterocycles. The fourth-order valence-corrected chi connectivity index (χ4v) is 1.75. The molecule has 0 radical (unpaired) electrons. The van der Waals surface area contributed by atoms with Crippen LogP contribution in [0, 0.1) is 0 Å². The lowest BCUT2D eigenvalue weighted by molar-refractivity contribution is -0.0228. The summed E-state index contributed by atoms with van der Waals surface area (Å²) in [5.41, 5.74) is -0.982. The van der Waals surface area contributed by atoms with Crippen molar-refractivity contribution in [2.75, 3.05) is 20.2 Å². The number of aliphatic hydroxyl groups is 1. The highest BCUT2D eigenvalue weighted by molar-refractivity contribution is 5.02. The van der Waals surface area contributed by atoms with Crippen molar-refractivity contribution in [3.63, 3.8) is 0 Å². The van der Waals surface area contributed by atoms with Gasteiger partial charge in [-0.05, 0) is 32.9 Å². The summed E-state index contributed by atoms with van der Waals surface area (Å²) in [6.45, 7) is 3.35. The molecule has 90 valence electrons. The van der Waals surface area contributed by atoms with E-state index in [0.29, 0.717) is 24.6 Å². The molecule has 2 rings (SSSR count). The van der Waals surface area contributed by atoms with Crippen LogP contribution in [0.25, 0.3) is 0 Å². The molecule has 0 spiro atoms. The van der Waals surface area contributed by atoms with Gasteiger partial charge in [-0.25, -0.2) is 0 Å². The van der Waals surface area contributed by atoms with E-state index in [1.807, 2.05) is 6.92 Å². The second-order valence-corrected chi connectivity index (χ2v) is 4.12. The summed E-state index contributed by atoms with van der Waals surface area (Å²) < 4.78 is 10.2. The number of nitrogens with zero attached hydrogens (tertiary/aromatic N) is 2. The van der Waals surface area contributed by atoms with Gasteiger partial charge in [0.1, 0.15) is 11.7 Å². The van der Waals surface area contributed by atoms with Crippen LogP contribution in [0.3, 0.4) is 0 Å². The van der Waals surface area contributed by atoms with E-state index in [-0.39, 0.29) is 6.10 Å². The first kappa shape index (κ1) is 11.5. The zero-order valence-electron chi connectivity index (χ0n) is 9.56. The number of nitrogens with one attached hydrogen (secondary N) is 1. The van der Waals surface area contributed by atoms with Crippen molar-refractivity contribution < 1.29 is 14.4 Å². The molecule has 1 atom stereocenters. The molecular weight excluding hydrogens is 210 g/mol. The second-order valence-electron chi connectivity index (χ2n) is 4.12. The van der Waals surface area contributed by atoms with Gasteiger partial charge in [-0.2, -0.15) is 4.98 Å². The minimum Gasteiger partial charge on any atom is -0.380 e. The van der Waals surface area contributed by atoms with Crippen LogP contribution < -0.4 is 5.32 Å². The smallest absolute Gasteiger partial charge is 0.258 e. The summed E-state index contributed by atoms with van der Waals surface area (Å²) in [7, 11) is 1.58. The number of ether oxygens (including phenoxy) is 1. The summed E-state index contributed by atoms with van der Waals surface area (Å²) in [5.74, 6) is 0.775. The van der Waals surface area contributed by atoms with Crippen molar-refractivity contribution in [2.24, 2.45) is 0 Å². The van der Waals surface area contributed by atoms with Gasteiger partial charge in [0.05, 0.1) is 0 Å². The molecule has 1 unspecified atom stereocenters. The number of rotatable bonds is 3. The Hall–Kier alpha value is -0.980. The molecule has 2 heterocycles. The fraction of sp³-hybridized carbons (Fsp3) is 0.800.